The average Bonchev–Trinajstić information content (AvgIpc) is 2.25. The third-order valence-corrected chi connectivity index (χ3v) is 2.61. The number of amides is 2. The highest BCUT2D eigenvalue weighted by molar-refractivity contribution is 9.10. The maximum absolute atomic E-state index is 11.8. The van der Waals surface area contributed by atoms with Gasteiger partial charge in [-0.05, 0) is 32.0 Å². The Balaban J connectivity index is 0.00000324. The highest BCUT2D eigenvalue weighted by Gasteiger charge is 2.11. The Morgan fingerprint density at radius 2 is 2.00 bits per heavy atom. The van der Waals surface area contributed by atoms with Gasteiger partial charge in [0.05, 0.1) is 12.1 Å². The van der Waals surface area contributed by atoms with E-state index in [2.05, 4.69) is 26.6 Å². The minimum Gasteiger partial charge on any atom is -0.398 e. The van der Waals surface area contributed by atoms with Gasteiger partial charge in [-0.2, -0.15) is 0 Å². The van der Waals surface area contributed by atoms with Crippen molar-refractivity contribution in [2.45, 2.75) is 19.9 Å². The van der Waals surface area contributed by atoms with Gasteiger partial charge in [-0.25, -0.2) is 0 Å². The summed E-state index contributed by atoms with van der Waals surface area (Å²) < 4.78 is 0.800. The molecule has 0 aliphatic rings. The number of halogens is 2. The van der Waals surface area contributed by atoms with E-state index in [1.807, 2.05) is 13.8 Å². The fourth-order valence-corrected chi connectivity index (χ4v) is 1.75. The Morgan fingerprint density at radius 3 is 2.53 bits per heavy atom. The molecule has 0 unspecified atom stereocenters. The molecule has 1 rings (SSSR count). The standard InChI is InChI=1S/C12H16BrN3O2.ClH/c1-7(2)16-11(17)6-15-12(18)9-4-3-8(13)5-10(9)14;/h3-5,7H,6,14H2,1-2H3,(H,15,18)(H,16,17);1H. The summed E-state index contributed by atoms with van der Waals surface area (Å²) in [4.78, 5) is 23.1. The lowest BCUT2D eigenvalue weighted by Crippen LogP contribution is -2.39. The number of carbonyl (C=O) groups is 2. The van der Waals surface area contributed by atoms with E-state index in [4.69, 9.17) is 5.73 Å². The third kappa shape index (κ3) is 5.94. The van der Waals surface area contributed by atoms with Crippen LogP contribution in [0.25, 0.3) is 0 Å². The molecule has 0 heterocycles. The van der Waals surface area contributed by atoms with E-state index in [0.29, 0.717) is 11.3 Å². The summed E-state index contributed by atoms with van der Waals surface area (Å²) in [6.45, 7) is 3.64. The van der Waals surface area contributed by atoms with Gasteiger partial charge in [0.1, 0.15) is 0 Å². The van der Waals surface area contributed by atoms with Crippen LogP contribution in [-0.2, 0) is 4.79 Å². The summed E-state index contributed by atoms with van der Waals surface area (Å²) in [5.41, 5.74) is 6.44. The van der Waals surface area contributed by atoms with Gasteiger partial charge in [0.2, 0.25) is 5.91 Å². The Bertz CT molecular complexity index is 466. The molecule has 106 valence electrons. The number of anilines is 1. The van der Waals surface area contributed by atoms with Crippen LogP contribution in [0.3, 0.4) is 0 Å². The van der Waals surface area contributed by atoms with Crippen LogP contribution in [0.15, 0.2) is 22.7 Å². The molecule has 0 radical (unpaired) electrons. The summed E-state index contributed by atoms with van der Waals surface area (Å²) in [6.07, 6.45) is 0. The normalized spacial score (nSPS) is 9.68. The zero-order chi connectivity index (χ0) is 13.7. The van der Waals surface area contributed by atoms with Crippen molar-refractivity contribution in [2.24, 2.45) is 0 Å². The third-order valence-electron chi connectivity index (χ3n) is 2.12. The predicted octanol–water partition coefficient (Wildman–Crippen LogP) is 1.71. The van der Waals surface area contributed by atoms with Crippen LogP contribution in [0.2, 0.25) is 0 Å². The number of hydrogen-bond acceptors (Lipinski definition) is 3. The molecule has 0 saturated carbocycles. The Labute approximate surface area is 126 Å². The van der Waals surface area contributed by atoms with Crippen molar-refractivity contribution in [1.29, 1.82) is 0 Å². The predicted molar refractivity (Wildman–Crippen MR) is 81.4 cm³/mol. The molecular weight excluding hydrogens is 334 g/mol. The molecule has 0 bridgehead atoms. The maximum Gasteiger partial charge on any atom is 0.253 e. The van der Waals surface area contributed by atoms with Crippen LogP contribution in [0.1, 0.15) is 24.2 Å². The lowest BCUT2D eigenvalue weighted by atomic mass is 10.1. The van der Waals surface area contributed by atoms with Crippen molar-refractivity contribution in [3.05, 3.63) is 28.2 Å². The molecule has 7 heteroatoms. The highest BCUT2D eigenvalue weighted by atomic mass is 79.9. The molecule has 0 atom stereocenters. The molecule has 2 amide bonds. The molecule has 4 N–H and O–H groups in total. The maximum atomic E-state index is 11.8. The number of benzene rings is 1. The second-order valence-electron chi connectivity index (χ2n) is 4.14. The van der Waals surface area contributed by atoms with E-state index in [-0.39, 0.29) is 36.8 Å². The molecule has 0 aliphatic carbocycles. The van der Waals surface area contributed by atoms with E-state index in [0.717, 1.165) is 4.47 Å². The van der Waals surface area contributed by atoms with Crippen LogP contribution in [-0.4, -0.2) is 24.4 Å². The van der Waals surface area contributed by atoms with Gasteiger partial charge in [0, 0.05) is 16.2 Å². The number of hydrogen-bond donors (Lipinski definition) is 3. The van der Waals surface area contributed by atoms with Crippen molar-refractivity contribution in [1.82, 2.24) is 10.6 Å². The lowest BCUT2D eigenvalue weighted by Gasteiger charge is -2.10. The summed E-state index contributed by atoms with van der Waals surface area (Å²) in [5.74, 6) is -0.590. The van der Waals surface area contributed by atoms with Gasteiger partial charge in [0.25, 0.3) is 5.91 Å². The van der Waals surface area contributed by atoms with Crippen molar-refractivity contribution in [2.75, 3.05) is 12.3 Å². The fourth-order valence-electron chi connectivity index (χ4n) is 1.37. The number of nitrogens with two attached hydrogens (primary N) is 1. The van der Waals surface area contributed by atoms with Crippen molar-refractivity contribution < 1.29 is 9.59 Å². The second-order valence-corrected chi connectivity index (χ2v) is 5.05. The number of nitrogens with one attached hydrogen (secondary N) is 2. The van der Waals surface area contributed by atoms with Gasteiger partial charge in [0.15, 0.2) is 0 Å². The van der Waals surface area contributed by atoms with Gasteiger partial charge in [-0.1, -0.05) is 15.9 Å². The summed E-state index contributed by atoms with van der Waals surface area (Å²) in [6, 6.07) is 5.02. The Morgan fingerprint density at radius 1 is 1.37 bits per heavy atom. The first-order chi connectivity index (χ1) is 8.40. The minimum absolute atomic E-state index is 0. The van der Waals surface area contributed by atoms with Crippen molar-refractivity contribution >= 4 is 45.8 Å². The summed E-state index contributed by atoms with van der Waals surface area (Å²) in [5, 5.41) is 5.20. The molecule has 1 aromatic rings. The van der Waals surface area contributed by atoms with Gasteiger partial charge >= 0.3 is 0 Å². The van der Waals surface area contributed by atoms with Crippen LogP contribution in [0, 0.1) is 0 Å². The number of rotatable bonds is 4. The zero-order valence-electron chi connectivity index (χ0n) is 10.7. The molecule has 0 spiro atoms. The topological polar surface area (TPSA) is 84.2 Å². The van der Waals surface area contributed by atoms with E-state index in [1.165, 1.54) is 0 Å². The minimum atomic E-state index is -0.362. The smallest absolute Gasteiger partial charge is 0.253 e. The van der Waals surface area contributed by atoms with Gasteiger partial charge in [-0.15, -0.1) is 12.4 Å². The molecule has 0 saturated heterocycles. The molecule has 0 aromatic heterocycles. The number of carbonyl (C=O) groups excluding carboxylic acids is 2. The van der Waals surface area contributed by atoms with Crippen LogP contribution < -0.4 is 16.4 Å². The van der Waals surface area contributed by atoms with E-state index in [9.17, 15) is 9.59 Å². The molecule has 5 nitrogen and oxygen atoms in total. The van der Waals surface area contributed by atoms with Crippen LogP contribution in [0.4, 0.5) is 5.69 Å². The van der Waals surface area contributed by atoms with Crippen LogP contribution in [0.5, 0.6) is 0 Å². The highest BCUT2D eigenvalue weighted by Crippen LogP contribution is 2.18. The lowest BCUT2D eigenvalue weighted by molar-refractivity contribution is -0.120. The molecule has 0 fully saturated rings. The van der Waals surface area contributed by atoms with Crippen molar-refractivity contribution in [3.8, 4) is 0 Å². The Hall–Kier alpha value is -1.27. The van der Waals surface area contributed by atoms with E-state index < -0.39 is 0 Å². The summed E-state index contributed by atoms with van der Waals surface area (Å²) in [7, 11) is 0. The largest absolute Gasteiger partial charge is 0.398 e. The first kappa shape index (κ1) is 17.7. The fraction of sp³-hybridized carbons (Fsp3) is 0.333. The Kier molecular flexibility index (Phi) is 7.48. The van der Waals surface area contributed by atoms with E-state index in [1.54, 1.807) is 18.2 Å². The average molecular weight is 351 g/mol. The first-order valence-corrected chi connectivity index (χ1v) is 6.32. The van der Waals surface area contributed by atoms with E-state index >= 15 is 0 Å². The second kappa shape index (κ2) is 8.01. The van der Waals surface area contributed by atoms with Gasteiger partial charge in [-0.3, -0.25) is 9.59 Å². The summed E-state index contributed by atoms with van der Waals surface area (Å²) >= 11 is 3.26. The number of nitrogen functional groups attached to an aromatic ring is 1. The SMILES string of the molecule is CC(C)NC(=O)CNC(=O)c1ccc(Br)cc1N.Cl. The van der Waals surface area contributed by atoms with Crippen LogP contribution >= 0.6 is 28.3 Å². The quantitative estimate of drug-likeness (QED) is 0.723. The molecule has 1 aromatic carbocycles. The monoisotopic (exact) mass is 349 g/mol. The molecular formula is C12H17BrClN3O2. The molecule has 19 heavy (non-hydrogen) atoms. The van der Waals surface area contributed by atoms with Gasteiger partial charge < -0.3 is 16.4 Å². The zero-order valence-corrected chi connectivity index (χ0v) is 13.1. The van der Waals surface area contributed by atoms with Crippen molar-refractivity contribution in [3.63, 3.8) is 0 Å². The first-order valence-electron chi connectivity index (χ1n) is 5.52. The molecule has 0 aliphatic heterocycles.